The summed E-state index contributed by atoms with van der Waals surface area (Å²) >= 11 is 0. The topological polar surface area (TPSA) is 106 Å². The van der Waals surface area contributed by atoms with Crippen LogP contribution in [-0.4, -0.2) is 64.9 Å². The van der Waals surface area contributed by atoms with E-state index in [0.29, 0.717) is 29.7 Å². The molecule has 2 N–H and O–H groups in total. The van der Waals surface area contributed by atoms with Crippen molar-refractivity contribution in [1.82, 2.24) is 19.4 Å². The van der Waals surface area contributed by atoms with Gasteiger partial charge in [-0.3, -0.25) is 15.5 Å². The first-order chi connectivity index (χ1) is 19.3. The van der Waals surface area contributed by atoms with Gasteiger partial charge in [0.2, 0.25) is 0 Å². The summed E-state index contributed by atoms with van der Waals surface area (Å²) in [5, 5.41) is 9.30. The summed E-state index contributed by atoms with van der Waals surface area (Å²) in [6.45, 7) is 11.4. The van der Waals surface area contributed by atoms with Gasteiger partial charge >= 0.3 is 6.03 Å². The minimum atomic E-state index is -0.457. The maximum absolute atomic E-state index is 12.4. The van der Waals surface area contributed by atoms with Crippen molar-refractivity contribution in [3.8, 4) is 17.6 Å². The number of hydrogen-bond donors (Lipinski definition) is 2. The SMILES string of the molecule is CC(C)(C)c1cc(NC(=O)Nc2cn3ccc(C#Cc4ccc(OCCCN5CCOCC5)cc4)cc3n2)no1. The highest BCUT2D eigenvalue weighted by atomic mass is 16.5. The van der Waals surface area contributed by atoms with Crippen LogP contribution in [-0.2, 0) is 10.2 Å². The van der Waals surface area contributed by atoms with Gasteiger partial charge in [0.25, 0.3) is 0 Å². The molecule has 0 atom stereocenters. The van der Waals surface area contributed by atoms with Gasteiger partial charge in [0, 0.05) is 48.4 Å². The van der Waals surface area contributed by atoms with E-state index in [2.05, 4.69) is 37.5 Å². The van der Waals surface area contributed by atoms with Crippen molar-refractivity contribution in [2.75, 3.05) is 50.1 Å². The first kappa shape index (κ1) is 27.2. The number of carbonyl (C=O) groups excluding carboxylic acids is 1. The molecule has 0 aliphatic carbocycles. The number of fused-ring (bicyclic) bond motifs is 1. The molecule has 2 amide bonds. The van der Waals surface area contributed by atoms with Gasteiger partial charge in [-0.05, 0) is 42.8 Å². The van der Waals surface area contributed by atoms with E-state index in [-0.39, 0.29) is 5.41 Å². The maximum Gasteiger partial charge on any atom is 0.326 e. The number of morpholine rings is 1. The van der Waals surface area contributed by atoms with Gasteiger partial charge in [-0.1, -0.05) is 37.8 Å². The fourth-order valence-corrected chi connectivity index (χ4v) is 4.15. The smallest absolute Gasteiger partial charge is 0.326 e. The number of benzene rings is 1. The second-order valence-electron chi connectivity index (χ2n) is 10.6. The second kappa shape index (κ2) is 12.2. The first-order valence-corrected chi connectivity index (χ1v) is 13.4. The van der Waals surface area contributed by atoms with Gasteiger partial charge in [-0.15, -0.1) is 0 Å². The van der Waals surface area contributed by atoms with E-state index in [1.54, 1.807) is 12.3 Å². The van der Waals surface area contributed by atoms with Crippen LogP contribution in [0.5, 0.6) is 5.75 Å². The molecule has 0 radical (unpaired) electrons. The van der Waals surface area contributed by atoms with Crippen molar-refractivity contribution in [1.29, 1.82) is 0 Å². The van der Waals surface area contributed by atoms with Crippen molar-refractivity contribution in [2.24, 2.45) is 0 Å². The third kappa shape index (κ3) is 7.40. The molecular weight excluding hydrogens is 508 g/mol. The van der Waals surface area contributed by atoms with Crippen LogP contribution in [0.2, 0.25) is 0 Å². The second-order valence-corrected chi connectivity index (χ2v) is 10.6. The quantitative estimate of drug-likeness (QED) is 0.256. The highest BCUT2D eigenvalue weighted by Crippen LogP contribution is 2.24. The summed E-state index contributed by atoms with van der Waals surface area (Å²) in [4.78, 5) is 19.3. The van der Waals surface area contributed by atoms with E-state index < -0.39 is 6.03 Å². The van der Waals surface area contributed by atoms with E-state index in [0.717, 1.165) is 56.1 Å². The number of ether oxygens (including phenoxy) is 2. The summed E-state index contributed by atoms with van der Waals surface area (Å²) in [5.74, 6) is 8.64. The van der Waals surface area contributed by atoms with Gasteiger partial charge in [-0.2, -0.15) is 0 Å². The van der Waals surface area contributed by atoms with E-state index in [9.17, 15) is 4.79 Å². The lowest BCUT2D eigenvalue weighted by Gasteiger charge is -2.26. The largest absolute Gasteiger partial charge is 0.494 e. The summed E-state index contributed by atoms with van der Waals surface area (Å²) in [5.41, 5.74) is 2.17. The van der Waals surface area contributed by atoms with E-state index in [1.807, 2.05) is 67.8 Å². The van der Waals surface area contributed by atoms with Crippen LogP contribution in [0.15, 0.2) is 59.4 Å². The molecule has 0 spiro atoms. The molecule has 40 heavy (non-hydrogen) atoms. The van der Waals surface area contributed by atoms with Gasteiger partial charge in [0.05, 0.1) is 26.0 Å². The van der Waals surface area contributed by atoms with Gasteiger partial charge < -0.3 is 18.4 Å². The van der Waals surface area contributed by atoms with Gasteiger partial charge in [0.15, 0.2) is 11.6 Å². The van der Waals surface area contributed by atoms with E-state index in [1.165, 1.54) is 0 Å². The Kier molecular flexibility index (Phi) is 8.34. The van der Waals surface area contributed by atoms with Crippen LogP contribution in [0.4, 0.5) is 16.4 Å². The Morgan fingerprint density at radius 1 is 1.02 bits per heavy atom. The molecule has 4 heterocycles. The summed E-state index contributed by atoms with van der Waals surface area (Å²) in [6.07, 6.45) is 4.57. The molecule has 4 aromatic rings. The molecule has 10 nitrogen and oxygen atoms in total. The number of carbonyl (C=O) groups is 1. The fourth-order valence-electron chi connectivity index (χ4n) is 4.15. The fraction of sp³-hybridized carbons (Fsp3) is 0.367. The molecule has 1 aliphatic rings. The third-order valence-corrected chi connectivity index (χ3v) is 6.39. The Labute approximate surface area is 233 Å². The predicted octanol–water partition coefficient (Wildman–Crippen LogP) is 4.76. The Morgan fingerprint density at radius 2 is 1.77 bits per heavy atom. The van der Waals surface area contributed by atoms with Crippen LogP contribution < -0.4 is 15.4 Å². The molecule has 208 valence electrons. The third-order valence-electron chi connectivity index (χ3n) is 6.39. The Morgan fingerprint density at radius 3 is 2.52 bits per heavy atom. The van der Waals surface area contributed by atoms with Crippen molar-refractivity contribution in [3.63, 3.8) is 0 Å². The molecule has 3 aromatic heterocycles. The van der Waals surface area contributed by atoms with Crippen LogP contribution in [0, 0.1) is 11.8 Å². The van der Waals surface area contributed by atoms with Crippen LogP contribution in [0.25, 0.3) is 5.65 Å². The Balaban J connectivity index is 1.13. The molecule has 10 heteroatoms. The van der Waals surface area contributed by atoms with Gasteiger partial charge in [-0.25, -0.2) is 9.78 Å². The zero-order chi connectivity index (χ0) is 28.0. The number of amides is 2. The number of imidazole rings is 1. The molecule has 1 aliphatic heterocycles. The lowest BCUT2D eigenvalue weighted by Crippen LogP contribution is -2.37. The van der Waals surface area contributed by atoms with Gasteiger partial charge in [0.1, 0.15) is 17.2 Å². The highest BCUT2D eigenvalue weighted by molar-refractivity contribution is 5.98. The normalized spacial score (nSPS) is 14.0. The first-order valence-electron chi connectivity index (χ1n) is 13.4. The molecule has 0 bridgehead atoms. The number of pyridine rings is 1. The molecule has 1 aromatic carbocycles. The highest BCUT2D eigenvalue weighted by Gasteiger charge is 2.20. The number of urea groups is 1. The van der Waals surface area contributed by atoms with Crippen molar-refractivity contribution in [3.05, 3.63) is 71.7 Å². The average Bonchev–Trinajstić information content (AvgIpc) is 3.57. The standard InChI is InChI=1S/C30H34N6O4/c1-30(2,3)25-20-26(34-40-25)32-29(37)33-27-21-36-13-11-23(19-28(36)31-27)6-5-22-7-9-24(10-8-22)39-16-4-12-35-14-17-38-18-15-35/h7-11,13,19-21H,4,12,14-18H2,1-3H3,(H2,32,33,34,37). The number of anilines is 2. The number of aromatic nitrogens is 3. The van der Waals surface area contributed by atoms with Crippen LogP contribution in [0.1, 0.15) is 44.1 Å². The van der Waals surface area contributed by atoms with Crippen molar-refractivity contribution < 1.29 is 18.8 Å². The minimum absolute atomic E-state index is 0.202. The number of hydrogen-bond acceptors (Lipinski definition) is 7. The van der Waals surface area contributed by atoms with Crippen LogP contribution >= 0.6 is 0 Å². The Bertz CT molecular complexity index is 1500. The van der Waals surface area contributed by atoms with E-state index in [4.69, 9.17) is 14.0 Å². The van der Waals surface area contributed by atoms with Crippen molar-refractivity contribution >= 4 is 23.3 Å². The zero-order valence-electron chi connectivity index (χ0n) is 23.1. The molecule has 1 saturated heterocycles. The zero-order valence-corrected chi connectivity index (χ0v) is 23.1. The number of nitrogens with zero attached hydrogens (tertiary/aromatic N) is 4. The van der Waals surface area contributed by atoms with Crippen molar-refractivity contribution in [2.45, 2.75) is 32.6 Å². The number of nitrogens with one attached hydrogen (secondary N) is 2. The Hall–Kier alpha value is -4.33. The molecule has 0 saturated carbocycles. The summed E-state index contributed by atoms with van der Waals surface area (Å²) < 4.78 is 18.4. The molecule has 5 rings (SSSR count). The predicted molar refractivity (Wildman–Crippen MR) is 153 cm³/mol. The monoisotopic (exact) mass is 542 g/mol. The molecule has 0 unspecified atom stereocenters. The number of rotatable bonds is 7. The van der Waals surface area contributed by atoms with E-state index >= 15 is 0 Å². The molecular formula is C30H34N6O4. The van der Waals surface area contributed by atoms with Crippen LogP contribution in [0.3, 0.4) is 0 Å². The minimum Gasteiger partial charge on any atom is -0.494 e. The summed E-state index contributed by atoms with van der Waals surface area (Å²) in [7, 11) is 0. The lowest BCUT2D eigenvalue weighted by atomic mass is 9.93. The summed E-state index contributed by atoms with van der Waals surface area (Å²) in [6, 6.07) is 12.8. The maximum atomic E-state index is 12.4. The lowest BCUT2D eigenvalue weighted by molar-refractivity contribution is 0.0358. The molecule has 1 fully saturated rings. The average molecular weight is 543 g/mol.